The molecule has 20 heavy (non-hydrogen) atoms. The zero-order valence-corrected chi connectivity index (χ0v) is 11.6. The van der Waals surface area contributed by atoms with Crippen LogP contribution in [0.5, 0.6) is 0 Å². The second-order valence-electron chi connectivity index (χ2n) is 4.87. The molecule has 1 heterocycles. The highest BCUT2D eigenvalue weighted by atomic mass is 16.2. The molecule has 0 atom stereocenters. The molecule has 0 spiro atoms. The SMILES string of the molecule is CNCC(=O)Nc1cc(C(N)=O)ccc1N1CCCC1. The van der Waals surface area contributed by atoms with Gasteiger partial charge in [-0.3, -0.25) is 9.59 Å². The van der Waals surface area contributed by atoms with Gasteiger partial charge in [-0.25, -0.2) is 0 Å². The summed E-state index contributed by atoms with van der Waals surface area (Å²) < 4.78 is 0. The topological polar surface area (TPSA) is 87.5 Å². The van der Waals surface area contributed by atoms with Gasteiger partial charge in [-0.2, -0.15) is 0 Å². The van der Waals surface area contributed by atoms with Gasteiger partial charge in [-0.1, -0.05) is 0 Å². The number of likely N-dealkylation sites (N-methyl/N-ethyl adjacent to an activating group) is 1. The number of carbonyl (C=O) groups excluding carboxylic acids is 2. The van der Waals surface area contributed by atoms with Crippen LogP contribution in [0.25, 0.3) is 0 Å². The summed E-state index contributed by atoms with van der Waals surface area (Å²) in [7, 11) is 1.71. The van der Waals surface area contributed by atoms with Gasteiger partial charge in [0.2, 0.25) is 11.8 Å². The average Bonchev–Trinajstić information content (AvgIpc) is 2.92. The molecule has 0 radical (unpaired) electrons. The van der Waals surface area contributed by atoms with Gasteiger partial charge < -0.3 is 21.3 Å². The predicted molar refractivity (Wildman–Crippen MR) is 79.0 cm³/mol. The van der Waals surface area contributed by atoms with Crippen LogP contribution in [0.1, 0.15) is 23.2 Å². The van der Waals surface area contributed by atoms with Crippen LogP contribution in [-0.2, 0) is 4.79 Å². The summed E-state index contributed by atoms with van der Waals surface area (Å²) in [4.78, 5) is 25.2. The lowest BCUT2D eigenvalue weighted by Crippen LogP contribution is -2.27. The Morgan fingerprint density at radius 2 is 2.00 bits per heavy atom. The van der Waals surface area contributed by atoms with Crippen molar-refractivity contribution in [3.05, 3.63) is 23.8 Å². The first-order valence-corrected chi connectivity index (χ1v) is 6.75. The molecule has 2 amide bonds. The highest BCUT2D eigenvalue weighted by molar-refractivity contribution is 5.99. The maximum atomic E-state index is 11.8. The van der Waals surface area contributed by atoms with Crippen molar-refractivity contribution in [3.8, 4) is 0 Å². The molecule has 0 aliphatic carbocycles. The zero-order valence-electron chi connectivity index (χ0n) is 11.6. The minimum Gasteiger partial charge on any atom is -0.370 e. The van der Waals surface area contributed by atoms with Crippen molar-refractivity contribution in [1.82, 2.24) is 5.32 Å². The Bertz CT molecular complexity index is 510. The van der Waals surface area contributed by atoms with Crippen LogP contribution in [0.4, 0.5) is 11.4 Å². The fraction of sp³-hybridized carbons (Fsp3) is 0.429. The van der Waals surface area contributed by atoms with Crippen molar-refractivity contribution in [2.75, 3.05) is 36.9 Å². The maximum absolute atomic E-state index is 11.8. The quantitative estimate of drug-likeness (QED) is 0.732. The second-order valence-corrected chi connectivity index (χ2v) is 4.87. The van der Waals surface area contributed by atoms with E-state index in [1.54, 1.807) is 19.2 Å². The van der Waals surface area contributed by atoms with Crippen LogP contribution in [0.3, 0.4) is 0 Å². The third-order valence-electron chi connectivity index (χ3n) is 3.34. The highest BCUT2D eigenvalue weighted by Crippen LogP contribution is 2.30. The summed E-state index contributed by atoms with van der Waals surface area (Å²) in [6, 6.07) is 5.19. The molecule has 1 aliphatic rings. The molecule has 2 rings (SSSR count). The summed E-state index contributed by atoms with van der Waals surface area (Å²) in [5, 5.41) is 5.63. The van der Waals surface area contributed by atoms with Crippen LogP contribution < -0.4 is 21.3 Å². The first-order chi connectivity index (χ1) is 9.61. The zero-order chi connectivity index (χ0) is 14.5. The molecule has 0 saturated carbocycles. The maximum Gasteiger partial charge on any atom is 0.248 e. The molecule has 1 aromatic carbocycles. The molecular weight excluding hydrogens is 256 g/mol. The Hall–Kier alpha value is -2.08. The fourth-order valence-corrected chi connectivity index (χ4v) is 2.38. The van der Waals surface area contributed by atoms with Crippen LogP contribution in [0.2, 0.25) is 0 Å². The molecule has 0 unspecified atom stereocenters. The molecule has 1 fully saturated rings. The van der Waals surface area contributed by atoms with Crippen LogP contribution >= 0.6 is 0 Å². The third kappa shape index (κ3) is 3.27. The number of carbonyl (C=O) groups is 2. The lowest BCUT2D eigenvalue weighted by atomic mass is 10.1. The lowest BCUT2D eigenvalue weighted by Gasteiger charge is -2.22. The van der Waals surface area contributed by atoms with E-state index in [-0.39, 0.29) is 12.5 Å². The van der Waals surface area contributed by atoms with E-state index >= 15 is 0 Å². The average molecular weight is 276 g/mol. The Balaban J connectivity index is 2.29. The van der Waals surface area contributed by atoms with Crippen molar-refractivity contribution in [3.63, 3.8) is 0 Å². The predicted octanol–water partition coefficient (Wildman–Crippen LogP) is 0.544. The van der Waals surface area contributed by atoms with Crippen molar-refractivity contribution >= 4 is 23.2 Å². The molecule has 6 heteroatoms. The number of nitrogens with two attached hydrogens (primary N) is 1. The molecule has 1 aliphatic heterocycles. The summed E-state index contributed by atoms with van der Waals surface area (Å²) in [6.45, 7) is 2.15. The number of benzene rings is 1. The Morgan fingerprint density at radius 1 is 1.30 bits per heavy atom. The molecule has 1 saturated heterocycles. The van der Waals surface area contributed by atoms with E-state index in [1.165, 1.54) is 0 Å². The van der Waals surface area contributed by atoms with E-state index in [0.29, 0.717) is 11.3 Å². The first-order valence-electron chi connectivity index (χ1n) is 6.75. The molecule has 4 N–H and O–H groups in total. The van der Waals surface area contributed by atoms with E-state index in [2.05, 4.69) is 15.5 Å². The van der Waals surface area contributed by atoms with Gasteiger partial charge >= 0.3 is 0 Å². The van der Waals surface area contributed by atoms with Gasteiger partial charge in [-0.15, -0.1) is 0 Å². The van der Waals surface area contributed by atoms with Crippen molar-refractivity contribution in [2.24, 2.45) is 5.73 Å². The highest BCUT2D eigenvalue weighted by Gasteiger charge is 2.18. The van der Waals surface area contributed by atoms with Gasteiger partial charge in [-0.05, 0) is 38.1 Å². The van der Waals surface area contributed by atoms with E-state index in [4.69, 9.17) is 5.73 Å². The van der Waals surface area contributed by atoms with Gasteiger partial charge in [0, 0.05) is 18.7 Å². The summed E-state index contributed by atoms with van der Waals surface area (Å²) in [6.07, 6.45) is 2.28. The molecule has 0 aromatic heterocycles. The van der Waals surface area contributed by atoms with Gasteiger partial charge in [0.05, 0.1) is 17.9 Å². The van der Waals surface area contributed by atoms with Crippen molar-refractivity contribution in [1.29, 1.82) is 0 Å². The van der Waals surface area contributed by atoms with Crippen LogP contribution in [0.15, 0.2) is 18.2 Å². The molecule has 108 valence electrons. The van der Waals surface area contributed by atoms with Crippen LogP contribution in [-0.4, -0.2) is 38.5 Å². The smallest absolute Gasteiger partial charge is 0.248 e. The van der Waals surface area contributed by atoms with E-state index in [0.717, 1.165) is 31.6 Å². The number of anilines is 2. The molecule has 0 bridgehead atoms. The molecule has 6 nitrogen and oxygen atoms in total. The van der Waals surface area contributed by atoms with Gasteiger partial charge in [0.15, 0.2) is 0 Å². The molecular formula is C14H20N4O2. The van der Waals surface area contributed by atoms with E-state index in [9.17, 15) is 9.59 Å². The number of hydrogen-bond donors (Lipinski definition) is 3. The van der Waals surface area contributed by atoms with Gasteiger partial charge in [0.25, 0.3) is 0 Å². The van der Waals surface area contributed by atoms with E-state index in [1.807, 2.05) is 6.07 Å². The number of primary amides is 1. The van der Waals surface area contributed by atoms with Crippen molar-refractivity contribution < 1.29 is 9.59 Å². The minimum absolute atomic E-state index is 0.144. The lowest BCUT2D eigenvalue weighted by molar-refractivity contribution is -0.115. The standard InChI is InChI=1S/C14H20N4O2/c1-16-9-13(19)17-11-8-10(14(15)20)4-5-12(11)18-6-2-3-7-18/h4-5,8,16H,2-3,6-7,9H2,1H3,(H2,15,20)(H,17,19). The number of nitrogens with one attached hydrogen (secondary N) is 2. The van der Waals surface area contributed by atoms with Gasteiger partial charge in [0.1, 0.15) is 0 Å². The Morgan fingerprint density at radius 3 is 2.60 bits per heavy atom. The Kier molecular flexibility index (Phi) is 4.57. The van der Waals surface area contributed by atoms with Crippen LogP contribution in [0, 0.1) is 0 Å². The van der Waals surface area contributed by atoms with Crippen molar-refractivity contribution in [2.45, 2.75) is 12.8 Å². The number of nitrogens with zero attached hydrogens (tertiary/aromatic N) is 1. The number of amides is 2. The third-order valence-corrected chi connectivity index (χ3v) is 3.34. The number of hydrogen-bond acceptors (Lipinski definition) is 4. The minimum atomic E-state index is -0.498. The monoisotopic (exact) mass is 276 g/mol. The Labute approximate surface area is 118 Å². The molecule has 1 aromatic rings. The van der Waals surface area contributed by atoms with E-state index < -0.39 is 5.91 Å². The second kappa shape index (κ2) is 6.38. The largest absolute Gasteiger partial charge is 0.370 e. The first kappa shape index (κ1) is 14.3. The fourth-order valence-electron chi connectivity index (χ4n) is 2.38. The normalized spacial score (nSPS) is 14.3. The summed E-state index contributed by atoms with van der Waals surface area (Å²) in [5.74, 6) is -0.642. The number of rotatable bonds is 5. The summed E-state index contributed by atoms with van der Waals surface area (Å²) in [5.41, 5.74) is 7.28. The summed E-state index contributed by atoms with van der Waals surface area (Å²) >= 11 is 0.